The standard InChI is InChI=1S/C32H44N6O3/c1-7-38(27-10-8-26(9-11-27)37(5)12-13-41-6)30-16-24(25-17-33-20-34-18-25)15-28(23(30)4)31(39)35-19-29-21(2)14-22(3)36-32(29)40/h14-18,20,26-27H,7-13,19H2,1-6H3,(H,35,39)(H,36,40). The number of amides is 1. The van der Waals surface area contributed by atoms with Crippen LogP contribution >= 0.6 is 0 Å². The Kier molecular flexibility index (Phi) is 10.3. The number of carbonyl (C=O) groups excluding carboxylic acids is 1. The molecule has 1 amide bonds. The first-order valence-corrected chi connectivity index (χ1v) is 14.6. The first-order chi connectivity index (χ1) is 19.7. The summed E-state index contributed by atoms with van der Waals surface area (Å²) in [5, 5.41) is 3.01. The molecule has 0 saturated heterocycles. The number of benzene rings is 1. The number of methoxy groups -OCH3 is 1. The summed E-state index contributed by atoms with van der Waals surface area (Å²) in [5.74, 6) is -0.207. The minimum atomic E-state index is -0.207. The molecule has 2 N–H and O–H groups in total. The number of hydrogen-bond donors (Lipinski definition) is 2. The third-order valence-electron chi connectivity index (χ3n) is 8.47. The zero-order valence-electron chi connectivity index (χ0n) is 25.3. The van der Waals surface area contributed by atoms with Crippen LogP contribution in [0.2, 0.25) is 0 Å². The minimum Gasteiger partial charge on any atom is -0.383 e. The van der Waals surface area contributed by atoms with Crippen LogP contribution in [0.15, 0.2) is 41.7 Å². The summed E-state index contributed by atoms with van der Waals surface area (Å²) in [4.78, 5) is 42.4. The van der Waals surface area contributed by atoms with Crippen LogP contribution in [0.4, 0.5) is 5.69 Å². The smallest absolute Gasteiger partial charge is 0.253 e. The lowest BCUT2D eigenvalue weighted by atomic mass is 9.88. The first kappa shape index (κ1) is 30.4. The number of pyridine rings is 1. The molecule has 2 heterocycles. The Morgan fingerprint density at radius 2 is 1.73 bits per heavy atom. The molecule has 0 spiro atoms. The number of aromatic nitrogens is 3. The van der Waals surface area contributed by atoms with Gasteiger partial charge in [0.05, 0.1) is 6.61 Å². The number of hydrogen-bond acceptors (Lipinski definition) is 7. The van der Waals surface area contributed by atoms with Crippen molar-refractivity contribution in [3.8, 4) is 11.1 Å². The van der Waals surface area contributed by atoms with Gasteiger partial charge in [-0.3, -0.25) is 9.59 Å². The van der Waals surface area contributed by atoms with Gasteiger partial charge in [0.1, 0.15) is 6.33 Å². The molecular formula is C32H44N6O3. The summed E-state index contributed by atoms with van der Waals surface area (Å²) >= 11 is 0. The van der Waals surface area contributed by atoms with Crippen molar-refractivity contribution >= 4 is 11.6 Å². The van der Waals surface area contributed by atoms with E-state index in [-0.39, 0.29) is 18.0 Å². The van der Waals surface area contributed by atoms with Crippen LogP contribution in [-0.4, -0.2) is 71.7 Å². The summed E-state index contributed by atoms with van der Waals surface area (Å²) in [6.07, 6.45) is 9.49. The van der Waals surface area contributed by atoms with Crippen LogP contribution < -0.4 is 15.8 Å². The van der Waals surface area contributed by atoms with Crippen molar-refractivity contribution in [3.05, 3.63) is 75.2 Å². The van der Waals surface area contributed by atoms with E-state index in [1.165, 1.54) is 6.33 Å². The number of likely N-dealkylation sites (N-methyl/N-ethyl adjacent to an activating group) is 1. The highest BCUT2D eigenvalue weighted by molar-refractivity contribution is 5.98. The molecule has 1 saturated carbocycles. The van der Waals surface area contributed by atoms with Crippen LogP contribution in [-0.2, 0) is 11.3 Å². The second-order valence-corrected chi connectivity index (χ2v) is 11.1. The van der Waals surface area contributed by atoms with E-state index in [1.54, 1.807) is 19.5 Å². The molecule has 220 valence electrons. The van der Waals surface area contributed by atoms with Gasteiger partial charge >= 0.3 is 0 Å². The number of rotatable bonds is 11. The Hall–Kier alpha value is -3.56. The highest BCUT2D eigenvalue weighted by atomic mass is 16.5. The van der Waals surface area contributed by atoms with Crippen LogP contribution in [0.1, 0.15) is 65.3 Å². The summed E-state index contributed by atoms with van der Waals surface area (Å²) in [6.45, 7) is 10.6. The predicted octanol–water partition coefficient (Wildman–Crippen LogP) is 4.40. The van der Waals surface area contributed by atoms with Crippen LogP contribution in [0.3, 0.4) is 0 Å². The molecule has 2 aromatic heterocycles. The van der Waals surface area contributed by atoms with E-state index in [4.69, 9.17) is 4.74 Å². The number of nitrogens with zero attached hydrogens (tertiary/aromatic N) is 4. The largest absolute Gasteiger partial charge is 0.383 e. The number of aromatic amines is 1. The number of anilines is 1. The zero-order chi connectivity index (χ0) is 29.5. The first-order valence-electron chi connectivity index (χ1n) is 14.6. The third-order valence-corrected chi connectivity index (χ3v) is 8.47. The van der Waals surface area contributed by atoms with Gasteiger partial charge in [-0.05, 0) is 95.3 Å². The molecule has 0 radical (unpaired) electrons. The molecular weight excluding hydrogens is 516 g/mol. The molecule has 3 aromatic rings. The maximum absolute atomic E-state index is 13.7. The van der Waals surface area contributed by atoms with Gasteiger partial charge in [0.25, 0.3) is 11.5 Å². The molecule has 0 aliphatic heterocycles. The topological polar surface area (TPSA) is 103 Å². The van der Waals surface area contributed by atoms with Crippen molar-refractivity contribution in [2.45, 2.75) is 72.0 Å². The number of ether oxygens (including phenoxy) is 1. The van der Waals surface area contributed by atoms with Crippen molar-refractivity contribution in [2.24, 2.45) is 0 Å². The maximum Gasteiger partial charge on any atom is 0.253 e. The molecule has 4 rings (SSSR count). The normalized spacial score (nSPS) is 17.0. The van der Waals surface area contributed by atoms with Gasteiger partial charge in [-0.1, -0.05) is 0 Å². The molecule has 41 heavy (non-hydrogen) atoms. The van der Waals surface area contributed by atoms with E-state index in [9.17, 15) is 9.59 Å². The molecule has 1 aliphatic carbocycles. The van der Waals surface area contributed by atoms with Gasteiger partial charge in [0.2, 0.25) is 0 Å². The molecule has 9 nitrogen and oxygen atoms in total. The Morgan fingerprint density at radius 3 is 2.37 bits per heavy atom. The van der Waals surface area contributed by atoms with Crippen molar-refractivity contribution < 1.29 is 9.53 Å². The van der Waals surface area contributed by atoms with E-state index in [2.05, 4.69) is 50.1 Å². The monoisotopic (exact) mass is 560 g/mol. The van der Waals surface area contributed by atoms with Crippen molar-refractivity contribution in [1.82, 2.24) is 25.2 Å². The summed E-state index contributed by atoms with van der Waals surface area (Å²) in [6, 6.07) is 6.95. The Morgan fingerprint density at radius 1 is 1.05 bits per heavy atom. The Bertz CT molecular complexity index is 1380. The van der Waals surface area contributed by atoms with Gasteiger partial charge < -0.3 is 24.8 Å². The van der Waals surface area contributed by atoms with Gasteiger partial charge in [0, 0.05) is 79.3 Å². The lowest BCUT2D eigenvalue weighted by Gasteiger charge is -2.41. The highest BCUT2D eigenvalue weighted by Crippen LogP contribution is 2.35. The minimum absolute atomic E-state index is 0.159. The molecule has 0 unspecified atom stereocenters. The molecule has 9 heteroatoms. The summed E-state index contributed by atoms with van der Waals surface area (Å²) in [7, 11) is 3.94. The molecule has 0 bridgehead atoms. The van der Waals surface area contributed by atoms with E-state index in [1.807, 2.05) is 32.9 Å². The number of carbonyl (C=O) groups is 1. The van der Waals surface area contributed by atoms with Gasteiger partial charge in [-0.15, -0.1) is 0 Å². The predicted molar refractivity (Wildman–Crippen MR) is 163 cm³/mol. The van der Waals surface area contributed by atoms with Gasteiger partial charge in [0.15, 0.2) is 0 Å². The summed E-state index contributed by atoms with van der Waals surface area (Å²) in [5.41, 5.74) is 6.39. The van der Waals surface area contributed by atoms with E-state index >= 15 is 0 Å². The Balaban J connectivity index is 1.62. The lowest BCUT2D eigenvalue weighted by molar-refractivity contribution is 0.0950. The quantitative estimate of drug-likeness (QED) is 0.358. The van der Waals surface area contributed by atoms with Gasteiger partial charge in [-0.25, -0.2) is 9.97 Å². The van der Waals surface area contributed by atoms with Crippen molar-refractivity contribution in [1.29, 1.82) is 0 Å². The van der Waals surface area contributed by atoms with Crippen LogP contribution in [0, 0.1) is 20.8 Å². The van der Waals surface area contributed by atoms with Crippen molar-refractivity contribution in [2.75, 3.05) is 38.8 Å². The third kappa shape index (κ3) is 7.21. The van der Waals surface area contributed by atoms with Crippen LogP contribution in [0.5, 0.6) is 0 Å². The number of nitrogens with one attached hydrogen (secondary N) is 2. The Labute approximate surface area is 243 Å². The van der Waals surface area contributed by atoms with Crippen molar-refractivity contribution in [3.63, 3.8) is 0 Å². The lowest BCUT2D eigenvalue weighted by Crippen LogP contribution is -2.44. The van der Waals surface area contributed by atoms with Crippen LogP contribution in [0.25, 0.3) is 11.1 Å². The summed E-state index contributed by atoms with van der Waals surface area (Å²) < 4.78 is 5.28. The van der Waals surface area contributed by atoms with E-state index in [0.29, 0.717) is 23.2 Å². The second-order valence-electron chi connectivity index (χ2n) is 11.1. The molecule has 1 aliphatic rings. The number of H-pyrrole nitrogens is 1. The van der Waals surface area contributed by atoms with E-state index in [0.717, 1.165) is 79.0 Å². The average molecular weight is 561 g/mol. The average Bonchev–Trinajstić information content (AvgIpc) is 2.97. The van der Waals surface area contributed by atoms with Gasteiger partial charge in [-0.2, -0.15) is 0 Å². The second kappa shape index (κ2) is 13.9. The molecule has 0 atom stereocenters. The number of aryl methyl sites for hydroxylation is 2. The SMILES string of the molecule is CCN(c1cc(-c2cncnc2)cc(C(=O)NCc2c(C)cc(C)[nH]c2=O)c1C)C1CCC(N(C)CCOC)CC1. The fraction of sp³-hybridized carbons (Fsp3) is 0.500. The fourth-order valence-electron chi connectivity index (χ4n) is 6.07. The fourth-order valence-corrected chi connectivity index (χ4v) is 6.07. The zero-order valence-corrected chi connectivity index (χ0v) is 25.3. The highest BCUT2D eigenvalue weighted by Gasteiger charge is 2.29. The molecule has 1 aromatic carbocycles. The maximum atomic E-state index is 13.7. The van der Waals surface area contributed by atoms with E-state index < -0.39 is 0 Å². The molecule has 1 fully saturated rings.